The van der Waals surface area contributed by atoms with Gasteiger partial charge in [-0.2, -0.15) is 0 Å². The molecule has 102 valence electrons. The molecule has 0 bridgehead atoms. The Kier molecular flexibility index (Phi) is 2.74. The number of furan rings is 1. The molecule has 0 aliphatic carbocycles. The zero-order valence-electron chi connectivity index (χ0n) is 10.6. The minimum atomic E-state index is -0.833. The van der Waals surface area contributed by atoms with Crippen molar-refractivity contribution in [3.8, 4) is 0 Å². The first-order valence-corrected chi connectivity index (χ1v) is 6.02. The number of nitrogens with zero attached hydrogens (tertiary/aromatic N) is 1. The minimum Gasteiger partial charge on any atom is -0.459 e. The van der Waals surface area contributed by atoms with Gasteiger partial charge >= 0.3 is 6.03 Å². The number of Topliss-reactive ketones (excluding diaryl/α,β-unsaturated/α-hetero) is 1. The highest BCUT2D eigenvalue weighted by molar-refractivity contribution is 6.39. The van der Waals surface area contributed by atoms with Gasteiger partial charge in [-0.3, -0.25) is 19.9 Å². The van der Waals surface area contributed by atoms with Gasteiger partial charge in [0.1, 0.15) is 11.5 Å². The average molecular weight is 273 g/mol. The molecule has 1 fully saturated rings. The van der Waals surface area contributed by atoms with Crippen LogP contribution >= 0.6 is 0 Å². The van der Waals surface area contributed by atoms with Crippen molar-refractivity contribution in [1.29, 1.82) is 0 Å². The second kappa shape index (κ2) is 4.44. The maximum absolute atomic E-state index is 11.6. The lowest BCUT2D eigenvalue weighted by Gasteiger charge is -2.01. The van der Waals surface area contributed by atoms with Crippen LogP contribution in [0.1, 0.15) is 30.0 Å². The predicted molar refractivity (Wildman–Crippen MR) is 69.0 cm³/mol. The maximum Gasteiger partial charge on any atom is 0.322 e. The molecule has 1 aromatic heterocycles. The molecule has 7 heteroatoms. The lowest BCUT2D eigenvalue weighted by Crippen LogP contribution is -2.22. The van der Waals surface area contributed by atoms with Crippen molar-refractivity contribution in [2.75, 3.05) is 0 Å². The third kappa shape index (κ3) is 2.03. The Balaban J connectivity index is 1.93. The lowest BCUT2D eigenvalue weighted by atomic mass is 10.1. The Labute approximate surface area is 113 Å². The van der Waals surface area contributed by atoms with E-state index in [0.717, 1.165) is 5.56 Å². The first kappa shape index (κ1) is 12.3. The molecule has 0 saturated carbocycles. The third-order valence-electron chi connectivity index (χ3n) is 3.14. The fourth-order valence-corrected chi connectivity index (χ4v) is 2.14. The van der Waals surface area contributed by atoms with Crippen LogP contribution in [0.4, 0.5) is 4.79 Å². The fraction of sp³-hybridized carbons (Fsp3) is 0.231. The van der Waals surface area contributed by atoms with Gasteiger partial charge in [-0.1, -0.05) is 0 Å². The summed E-state index contributed by atoms with van der Waals surface area (Å²) in [7, 11) is 0. The summed E-state index contributed by atoms with van der Waals surface area (Å²) in [6, 6.07) is 0.285. The van der Waals surface area contributed by atoms with E-state index in [2.05, 4.69) is 15.6 Å². The van der Waals surface area contributed by atoms with E-state index >= 15 is 0 Å². The summed E-state index contributed by atoms with van der Waals surface area (Å²) in [5.41, 5.74) is 1.18. The first-order valence-electron chi connectivity index (χ1n) is 6.02. The standard InChI is InChI=1S/C13H11N3O4/c1-6(17)8-4-7-5-10(20-9(7)2-3-14-8)11-12(18)16-13(19)15-11/h2-3,5,11H,4H2,1H3,(H2,15,16,18,19). The number of hydrogen-bond acceptors (Lipinski definition) is 5. The smallest absolute Gasteiger partial charge is 0.322 e. The fourth-order valence-electron chi connectivity index (χ4n) is 2.14. The second-order valence-corrected chi connectivity index (χ2v) is 4.56. The lowest BCUT2D eigenvalue weighted by molar-refractivity contribution is -0.120. The number of ketones is 1. The highest BCUT2D eigenvalue weighted by Gasteiger charge is 2.34. The molecule has 2 aliphatic rings. The number of aliphatic imine (C=N–C) groups is 1. The van der Waals surface area contributed by atoms with Crippen LogP contribution in [-0.2, 0) is 16.0 Å². The van der Waals surface area contributed by atoms with Crippen molar-refractivity contribution < 1.29 is 18.8 Å². The number of carbonyl (C=O) groups excluding carboxylic acids is 3. The Hall–Kier alpha value is -2.70. The zero-order valence-corrected chi connectivity index (χ0v) is 10.6. The summed E-state index contributed by atoms with van der Waals surface area (Å²) in [6.45, 7) is 1.45. The molecule has 1 saturated heterocycles. The number of nitrogens with one attached hydrogen (secondary N) is 2. The van der Waals surface area contributed by atoms with Crippen LogP contribution in [0.25, 0.3) is 6.08 Å². The number of amides is 3. The topological polar surface area (TPSA) is 101 Å². The molecular formula is C13H11N3O4. The van der Waals surface area contributed by atoms with Crippen molar-refractivity contribution in [3.63, 3.8) is 0 Å². The predicted octanol–water partition coefficient (Wildman–Crippen LogP) is 0.717. The Morgan fingerprint density at radius 2 is 2.25 bits per heavy atom. The quantitative estimate of drug-likeness (QED) is 0.775. The van der Waals surface area contributed by atoms with Crippen LogP contribution < -0.4 is 10.6 Å². The van der Waals surface area contributed by atoms with Crippen LogP contribution in [0.15, 0.2) is 21.7 Å². The third-order valence-corrected chi connectivity index (χ3v) is 3.14. The Morgan fingerprint density at radius 3 is 2.90 bits per heavy atom. The summed E-state index contributed by atoms with van der Waals surface area (Å²) in [5.74, 6) is 0.308. The maximum atomic E-state index is 11.6. The van der Waals surface area contributed by atoms with Gasteiger partial charge in [-0.25, -0.2) is 4.79 Å². The molecule has 2 aliphatic heterocycles. The highest BCUT2D eigenvalue weighted by Crippen LogP contribution is 2.26. The Morgan fingerprint density at radius 1 is 1.45 bits per heavy atom. The van der Waals surface area contributed by atoms with Gasteiger partial charge in [0.05, 0.1) is 5.71 Å². The molecule has 0 radical (unpaired) electrons. The molecule has 1 aromatic rings. The number of carbonyl (C=O) groups is 3. The largest absolute Gasteiger partial charge is 0.459 e. The van der Waals surface area contributed by atoms with Crippen LogP contribution in [0, 0.1) is 0 Å². The van der Waals surface area contributed by atoms with Gasteiger partial charge < -0.3 is 9.73 Å². The SMILES string of the molecule is CC(=O)C1=NC=Cc2oc(C3NC(=O)NC3=O)cc2C1. The van der Waals surface area contributed by atoms with E-state index in [0.29, 0.717) is 23.7 Å². The van der Waals surface area contributed by atoms with Gasteiger partial charge in [-0.05, 0) is 12.1 Å². The number of urea groups is 1. The molecule has 7 nitrogen and oxygen atoms in total. The average Bonchev–Trinajstić information content (AvgIpc) is 2.85. The molecule has 0 spiro atoms. The van der Waals surface area contributed by atoms with E-state index in [1.54, 1.807) is 12.1 Å². The molecule has 3 heterocycles. The van der Waals surface area contributed by atoms with Crippen LogP contribution in [0.5, 0.6) is 0 Å². The molecule has 1 unspecified atom stereocenters. The van der Waals surface area contributed by atoms with E-state index < -0.39 is 18.0 Å². The van der Waals surface area contributed by atoms with Crippen molar-refractivity contribution >= 4 is 29.5 Å². The van der Waals surface area contributed by atoms with Crippen LogP contribution in [0.3, 0.4) is 0 Å². The first-order chi connectivity index (χ1) is 9.54. The molecule has 3 rings (SSSR count). The molecule has 0 aromatic carbocycles. The normalized spacial score (nSPS) is 20.9. The van der Waals surface area contributed by atoms with Gasteiger partial charge in [0.25, 0.3) is 5.91 Å². The molecule has 3 amide bonds. The van der Waals surface area contributed by atoms with Crippen molar-refractivity contribution in [2.24, 2.45) is 4.99 Å². The van der Waals surface area contributed by atoms with Crippen molar-refractivity contribution in [2.45, 2.75) is 19.4 Å². The van der Waals surface area contributed by atoms with Crippen LogP contribution in [-0.4, -0.2) is 23.4 Å². The number of fused-ring (bicyclic) bond motifs is 1. The summed E-state index contributed by atoms with van der Waals surface area (Å²) < 4.78 is 5.57. The van der Waals surface area contributed by atoms with Gasteiger partial charge in [-0.15, -0.1) is 0 Å². The summed E-state index contributed by atoms with van der Waals surface area (Å²) in [6.07, 6.45) is 3.45. The van der Waals surface area contributed by atoms with Crippen molar-refractivity contribution in [1.82, 2.24) is 10.6 Å². The number of rotatable bonds is 2. The van der Waals surface area contributed by atoms with Gasteiger partial charge in [0.2, 0.25) is 0 Å². The van der Waals surface area contributed by atoms with E-state index in [-0.39, 0.29) is 5.78 Å². The summed E-state index contributed by atoms with van der Waals surface area (Å²) >= 11 is 0. The minimum absolute atomic E-state index is 0.114. The monoisotopic (exact) mass is 273 g/mol. The molecular weight excluding hydrogens is 262 g/mol. The van der Waals surface area contributed by atoms with E-state index in [9.17, 15) is 14.4 Å². The zero-order chi connectivity index (χ0) is 14.3. The number of hydrogen-bond donors (Lipinski definition) is 2. The molecule has 20 heavy (non-hydrogen) atoms. The van der Waals surface area contributed by atoms with E-state index in [1.807, 2.05) is 0 Å². The summed E-state index contributed by atoms with van der Waals surface area (Å²) in [4.78, 5) is 38.1. The second-order valence-electron chi connectivity index (χ2n) is 4.56. The number of imide groups is 1. The van der Waals surface area contributed by atoms with E-state index in [1.165, 1.54) is 13.1 Å². The molecule has 2 N–H and O–H groups in total. The van der Waals surface area contributed by atoms with E-state index in [4.69, 9.17) is 4.42 Å². The van der Waals surface area contributed by atoms with Crippen LogP contribution in [0.2, 0.25) is 0 Å². The highest BCUT2D eigenvalue weighted by atomic mass is 16.3. The Bertz CT molecular complexity index is 684. The van der Waals surface area contributed by atoms with Gasteiger partial charge in [0, 0.05) is 25.1 Å². The van der Waals surface area contributed by atoms with Crippen molar-refractivity contribution in [3.05, 3.63) is 29.4 Å². The summed E-state index contributed by atoms with van der Waals surface area (Å²) in [5, 5.41) is 4.60. The molecule has 1 atom stereocenters. The van der Waals surface area contributed by atoms with Gasteiger partial charge in [0.15, 0.2) is 11.8 Å².